The average Bonchev–Trinajstić information content (AvgIpc) is 2.86. The number of hydrogen-bond donors (Lipinski definition) is 1. The maximum absolute atomic E-state index is 13.4. The zero-order valence-corrected chi connectivity index (χ0v) is 13.0. The molecule has 116 valence electrons. The predicted octanol–water partition coefficient (Wildman–Crippen LogP) is 3.71. The molecule has 1 saturated heterocycles. The van der Waals surface area contributed by atoms with Crippen LogP contribution in [0.1, 0.15) is 45.2 Å². The van der Waals surface area contributed by atoms with E-state index in [0.717, 1.165) is 18.5 Å². The van der Waals surface area contributed by atoms with E-state index < -0.39 is 11.4 Å². The van der Waals surface area contributed by atoms with Gasteiger partial charge in [-0.1, -0.05) is 32.9 Å². The molecule has 1 aromatic rings. The number of carboxylic acid groups (broad SMARTS) is 1. The van der Waals surface area contributed by atoms with Crippen LogP contribution in [0.15, 0.2) is 24.3 Å². The summed E-state index contributed by atoms with van der Waals surface area (Å²) < 4.78 is 13.4. The van der Waals surface area contributed by atoms with E-state index in [2.05, 4.69) is 11.8 Å². The maximum Gasteiger partial charge on any atom is 0.311 e. The quantitative estimate of drug-likeness (QED) is 0.899. The van der Waals surface area contributed by atoms with Gasteiger partial charge in [-0.15, -0.1) is 0 Å². The summed E-state index contributed by atoms with van der Waals surface area (Å²) in [7, 11) is 0. The molecule has 1 N–H and O–H groups in total. The lowest BCUT2D eigenvalue weighted by molar-refractivity contribution is -0.151. The number of hydrogen-bond acceptors (Lipinski definition) is 2. The van der Waals surface area contributed by atoms with Crippen LogP contribution in [-0.2, 0) is 4.79 Å². The second-order valence-electron chi connectivity index (χ2n) is 6.32. The number of rotatable bonds is 5. The zero-order chi connectivity index (χ0) is 15.6. The predicted molar refractivity (Wildman–Crippen MR) is 80.5 cm³/mol. The first-order valence-corrected chi connectivity index (χ1v) is 7.63. The smallest absolute Gasteiger partial charge is 0.311 e. The molecule has 0 aromatic heterocycles. The Kier molecular flexibility index (Phi) is 4.67. The molecular formula is C17H24FNO2. The van der Waals surface area contributed by atoms with Crippen LogP contribution < -0.4 is 0 Å². The summed E-state index contributed by atoms with van der Waals surface area (Å²) in [6, 6.07) is 6.73. The van der Waals surface area contributed by atoms with Crippen LogP contribution in [0.3, 0.4) is 0 Å². The summed E-state index contributed by atoms with van der Waals surface area (Å²) >= 11 is 0. The van der Waals surface area contributed by atoms with Crippen LogP contribution in [-0.4, -0.2) is 29.1 Å². The Hall–Kier alpha value is -1.42. The van der Waals surface area contributed by atoms with Crippen molar-refractivity contribution < 1.29 is 14.3 Å². The van der Waals surface area contributed by atoms with Crippen molar-refractivity contribution in [1.82, 2.24) is 4.90 Å². The lowest BCUT2D eigenvalue weighted by Gasteiger charge is -2.32. The molecule has 1 aromatic carbocycles. The Labute approximate surface area is 125 Å². The van der Waals surface area contributed by atoms with Gasteiger partial charge in [-0.25, -0.2) is 4.39 Å². The second-order valence-corrected chi connectivity index (χ2v) is 6.32. The second kappa shape index (κ2) is 6.14. The Bertz CT molecular complexity index is 517. The van der Waals surface area contributed by atoms with Gasteiger partial charge in [0.2, 0.25) is 0 Å². The average molecular weight is 293 g/mol. The number of nitrogens with zero attached hydrogens (tertiary/aromatic N) is 1. The van der Waals surface area contributed by atoms with Crippen molar-refractivity contribution in [2.75, 3.05) is 13.1 Å². The molecule has 21 heavy (non-hydrogen) atoms. The molecular weight excluding hydrogens is 269 g/mol. The molecule has 1 heterocycles. The molecule has 3 nitrogen and oxygen atoms in total. The third kappa shape index (κ3) is 2.95. The number of carbonyl (C=O) groups is 1. The van der Waals surface area contributed by atoms with Crippen molar-refractivity contribution >= 4 is 5.97 Å². The molecule has 4 heteroatoms. The number of benzene rings is 1. The number of likely N-dealkylation sites (tertiary alicyclic amines) is 1. The van der Waals surface area contributed by atoms with Crippen LogP contribution in [0, 0.1) is 17.2 Å². The topological polar surface area (TPSA) is 40.5 Å². The fraction of sp³-hybridized carbons (Fsp3) is 0.588. The molecule has 2 unspecified atom stereocenters. The lowest BCUT2D eigenvalue weighted by atomic mass is 9.76. The van der Waals surface area contributed by atoms with Gasteiger partial charge in [-0.2, -0.15) is 0 Å². The van der Waals surface area contributed by atoms with Gasteiger partial charge in [-0.05, 0) is 43.0 Å². The molecule has 1 fully saturated rings. The van der Waals surface area contributed by atoms with Gasteiger partial charge in [0, 0.05) is 12.6 Å². The number of carboxylic acids is 1. The van der Waals surface area contributed by atoms with Crippen molar-refractivity contribution in [2.24, 2.45) is 11.3 Å². The fourth-order valence-electron chi connectivity index (χ4n) is 3.44. The lowest BCUT2D eigenvalue weighted by Crippen LogP contribution is -2.40. The van der Waals surface area contributed by atoms with E-state index in [-0.39, 0.29) is 17.8 Å². The Morgan fingerprint density at radius 3 is 2.67 bits per heavy atom. The minimum atomic E-state index is -0.714. The SMILES string of the molecule is CCC(c1cccc(F)c1)N1CCC(C(=O)O)(C(C)C)C1. The summed E-state index contributed by atoms with van der Waals surface area (Å²) in [5, 5.41) is 9.63. The van der Waals surface area contributed by atoms with Crippen molar-refractivity contribution in [3.8, 4) is 0 Å². The van der Waals surface area contributed by atoms with E-state index in [1.807, 2.05) is 19.9 Å². The summed E-state index contributed by atoms with van der Waals surface area (Å²) in [5.74, 6) is -0.863. The highest BCUT2D eigenvalue weighted by molar-refractivity contribution is 5.75. The van der Waals surface area contributed by atoms with Crippen molar-refractivity contribution in [2.45, 2.75) is 39.7 Å². The van der Waals surface area contributed by atoms with Crippen LogP contribution in [0.4, 0.5) is 4.39 Å². The van der Waals surface area contributed by atoms with E-state index in [1.165, 1.54) is 6.07 Å². The molecule has 2 atom stereocenters. The van der Waals surface area contributed by atoms with Gasteiger partial charge in [0.25, 0.3) is 0 Å². The van der Waals surface area contributed by atoms with Crippen LogP contribution >= 0.6 is 0 Å². The maximum atomic E-state index is 13.4. The third-order valence-corrected chi connectivity index (χ3v) is 4.92. The highest BCUT2D eigenvalue weighted by Gasteiger charge is 2.48. The molecule has 1 aliphatic rings. The summed E-state index contributed by atoms with van der Waals surface area (Å²) in [6.07, 6.45) is 1.50. The standard InChI is InChI=1S/C17H24FNO2/c1-4-15(13-6-5-7-14(18)10-13)19-9-8-17(11-19,12(2)3)16(20)21/h5-7,10,12,15H,4,8-9,11H2,1-3H3,(H,20,21). The highest BCUT2D eigenvalue weighted by Crippen LogP contribution is 2.42. The molecule has 0 amide bonds. The van der Waals surface area contributed by atoms with Crippen molar-refractivity contribution in [1.29, 1.82) is 0 Å². The first-order valence-electron chi connectivity index (χ1n) is 7.63. The Morgan fingerprint density at radius 2 is 2.19 bits per heavy atom. The van der Waals surface area contributed by atoms with Crippen molar-refractivity contribution in [3.63, 3.8) is 0 Å². The monoisotopic (exact) mass is 293 g/mol. The summed E-state index contributed by atoms with van der Waals surface area (Å²) in [4.78, 5) is 13.9. The van der Waals surface area contributed by atoms with E-state index in [0.29, 0.717) is 13.0 Å². The van der Waals surface area contributed by atoms with Gasteiger partial charge in [0.1, 0.15) is 5.82 Å². The van der Waals surface area contributed by atoms with E-state index >= 15 is 0 Å². The van der Waals surface area contributed by atoms with E-state index in [9.17, 15) is 14.3 Å². The molecule has 0 aliphatic carbocycles. The first kappa shape index (κ1) is 16.0. The first-order chi connectivity index (χ1) is 9.90. The molecule has 0 spiro atoms. The molecule has 2 rings (SSSR count). The van der Waals surface area contributed by atoms with Crippen LogP contribution in [0.25, 0.3) is 0 Å². The van der Waals surface area contributed by atoms with Gasteiger partial charge < -0.3 is 5.11 Å². The van der Waals surface area contributed by atoms with Gasteiger partial charge in [0.05, 0.1) is 5.41 Å². The largest absolute Gasteiger partial charge is 0.481 e. The summed E-state index contributed by atoms with van der Waals surface area (Å²) in [6.45, 7) is 7.29. The third-order valence-electron chi connectivity index (χ3n) is 4.92. The highest BCUT2D eigenvalue weighted by atomic mass is 19.1. The number of aliphatic carboxylic acids is 1. The van der Waals surface area contributed by atoms with Gasteiger partial charge in [0.15, 0.2) is 0 Å². The molecule has 1 aliphatic heterocycles. The van der Waals surface area contributed by atoms with Gasteiger partial charge >= 0.3 is 5.97 Å². The zero-order valence-electron chi connectivity index (χ0n) is 13.0. The van der Waals surface area contributed by atoms with Crippen LogP contribution in [0.5, 0.6) is 0 Å². The summed E-state index contributed by atoms with van der Waals surface area (Å²) in [5.41, 5.74) is 0.253. The molecule has 0 bridgehead atoms. The van der Waals surface area contributed by atoms with Crippen molar-refractivity contribution in [3.05, 3.63) is 35.6 Å². The van der Waals surface area contributed by atoms with Crippen LogP contribution in [0.2, 0.25) is 0 Å². The molecule has 0 radical (unpaired) electrons. The van der Waals surface area contributed by atoms with E-state index in [1.54, 1.807) is 12.1 Å². The Morgan fingerprint density at radius 1 is 1.48 bits per heavy atom. The molecule has 0 saturated carbocycles. The van der Waals surface area contributed by atoms with E-state index in [4.69, 9.17) is 0 Å². The minimum Gasteiger partial charge on any atom is -0.481 e. The number of halogens is 1. The Balaban J connectivity index is 2.24. The fourth-order valence-corrected chi connectivity index (χ4v) is 3.44. The van der Waals surface area contributed by atoms with Gasteiger partial charge in [-0.3, -0.25) is 9.69 Å². The normalized spacial score (nSPS) is 24.4. The minimum absolute atomic E-state index is 0.0840.